The molecule has 0 amide bonds. The van der Waals surface area contributed by atoms with E-state index in [4.69, 9.17) is 16.9 Å². The predicted octanol–water partition coefficient (Wildman–Crippen LogP) is 3.21. The first-order valence-electron chi connectivity index (χ1n) is 6.29. The third kappa shape index (κ3) is 3.81. The Bertz CT molecular complexity index is 811. The highest BCUT2D eigenvalue weighted by Gasteiger charge is 2.10. The summed E-state index contributed by atoms with van der Waals surface area (Å²) in [7, 11) is -3.10. The van der Waals surface area contributed by atoms with Gasteiger partial charge in [0.1, 0.15) is 6.07 Å². The molecule has 0 aliphatic rings. The van der Waals surface area contributed by atoms with Crippen molar-refractivity contribution in [3.8, 4) is 17.2 Å². The summed E-state index contributed by atoms with van der Waals surface area (Å²) in [5.41, 5.74) is 2.60. The normalized spacial score (nSPS) is 11.1. The van der Waals surface area contributed by atoms with Gasteiger partial charge in [-0.05, 0) is 29.3 Å². The monoisotopic (exact) mass is 320 g/mol. The fourth-order valence-corrected chi connectivity index (χ4v) is 2.96. The van der Waals surface area contributed by atoms with Crippen molar-refractivity contribution in [1.82, 2.24) is 4.98 Å². The third-order valence-corrected chi connectivity index (χ3v) is 5.01. The zero-order valence-electron chi connectivity index (χ0n) is 11.4. The molecule has 0 bridgehead atoms. The number of nitrogens with zero attached hydrogens (tertiary/aromatic N) is 2. The lowest BCUT2D eigenvalue weighted by molar-refractivity contribution is 0.596. The lowest BCUT2D eigenvalue weighted by Gasteiger charge is -2.06. The Morgan fingerprint density at radius 3 is 2.62 bits per heavy atom. The van der Waals surface area contributed by atoms with Crippen LogP contribution in [0.25, 0.3) is 11.1 Å². The molecule has 0 radical (unpaired) electrons. The van der Waals surface area contributed by atoms with Gasteiger partial charge in [0.15, 0.2) is 9.84 Å². The summed E-state index contributed by atoms with van der Waals surface area (Å²) in [6.45, 7) is 1.62. The van der Waals surface area contributed by atoms with Crippen LogP contribution in [0, 0.1) is 11.3 Å². The van der Waals surface area contributed by atoms with Gasteiger partial charge in [-0.15, -0.1) is 0 Å². The van der Waals surface area contributed by atoms with Crippen LogP contribution in [0.15, 0.2) is 36.7 Å². The van der Waals surface area contributed by atoms with E-state index in [0.717, 1.165) is 11.1 Å². The number of halogens is 1. The minimum absolute atomic E-state index is 0.0334. The second kappa shape index (κ2) is 6.25. The fraction of sp³-hybridized carbons (Fsp3) is 0.200. The number of aromatic nitrogens is 1. The van der Waals surface area contributed by atoms with Gasteiger partial charge in [0, 0.05) is 23.7 Å². The van der Waals surface area contributed by atoms with Crippen molar-refractivity contribution in [1.29, 1.82) is 5.26 Å². The SMILES string of the molecule is CCS(=O)(=O)Cc1cncc(-c2ccc(C#N)c(Cl)c2)c1. The van der Waals surface area contributed by atoms with Gasteiger partial charge in [-0.1, -0.05) is 24.6 Å². The second-order valence-corrected chi connectivity index (χ2v) is 7.33. The Kier molecular flexibility index (Phi) is 4.61. The van der Waals surface area contributed by atoms with Gasteiger partial charge in [0.2, 0.25) is 0 Å². The molecule has 0 atom stereocenters. The molecule has 6 heteroatoms. The first-order chi connectivity index (χ1) is 9.95. The Hall–Kier alpha value is -1.90. The lowest BCUT2D eigenvalue weighted by atomic mass is 10.0. The Morgan fingerprint density at radius 1 is 1.24 bits per heavy atom. The minimum atomic E-state index is -3.10. The van der Waals surface area contributed by atoms with Crippen molar-refractivity contribution >= 4 is 21.4 Å². The molecule has 108 valence electrons. The lowest BCUT2D eigenvalue weighted by Crippen LogP contribution is -2.06. The molecule has 0 saturated heterocycles. The highest BCUT2D eigenvalue weighted by Crippen LogP contribution is 2.25. The van der Waals surface area contributed by atoms with E-state index in [9.17, 15) is 8.42 Å². The molecule has 1 aromatic carbocycles. The summed E-state index contributed by atoms with van der Waals surface area (Å²) in [4.78, 5) is 4.08. The molecular weight excluding hydrogens is 308 g/mol. The molecule has 2 aromatic rings. The fourth-order valence-electron chi connectivity index (χ4n) is 1.87. The smallest absolute Gasteiger partial charge is 0.154 e. The van der Waals surface area contributed by atoms with Gasteiger partial charge in [0.25, 0.3) is 0 Å². The molecule has 1 aromatic heterocycles. The van der Waals surface area contributed by atoms with E-state index >= 15 is 0 Å². The summed E-state index contributed by atoms with van der Waals surface area (Å²) >= 11 is 6.01. The summed E-state index contributed by atoms with van der Waals surface area (Å²) in [5.74, 6) is 0.0638. The van der Waals surface area contributed by atoms with E-state index in [1.807, 2.05) is 6.07 Å². The van der Waals surface area contributed by atoms with E-state index in [2.05, 4.69) is 4.98 Å². The highest BCUT2D eigenvalue weighted by atomic mass is 35.5. The summed E-state index contributed by atoms with van der Waals surface area (Å²) in [6.07, 6.45) is 3.18. The Balaban J connectivity index is 2.38. The molecule has 2 rings (SSSR count). The predicted molar refractivity (Wildman–Crippen MR) is 82.6 cm³/mol. The number of nitriles is 1. The molecule has 0 aliphatic heterocycles. The largest absolute Gasteiger partial charge is 0.264 e. The van der Waals surface area contributed by atoms with E-state index in [0.29, 0.717) is 16.1 Å². The number of pyridine rings is 1. The van der Waals surface area contributed by atoms with Crippen LogP contribution in [-0.2, 0) is 15.6 Å². The average molecular weight is 321 g/mol. The van der Waals surface area contributed by atoms with Crippen LogP contribution < -0.4 is 0 Å². The first kappa shape index (κ1) is 15.5. The zero-order chi connectivity index (χ0) is 15.5. The standard InChI is InChI=1S/C15H13ClN2O2S/c1-2-21(19,20)10-11-5-14(9-18-8-11)12-3-4-13(7-17)15(16)6-12/h3-6,8-9H,2,10H2,1H3. The molecule has 0 saturated carbocycles. The molecule has 4 nitrogen and oxygen atoms in total. The minimum Gasteiger partial charge on any atom is -0.264 e. The number of benzene rings is 1. The second-order valence-electron chi connectivity index (χ2n) is 4.56. The Labute approximate surface area is 128 Å². The van der Waals surface area contributed by atoms with Gasteiger partial charge >= 0.3 is 0 Å². The van der Waals surface area contributed by atoms with Crippen LogP contribution in [0.1, 0.15) is 18.1 Å². The summed E-state index contributed by atoms with van der Waals surface area (Å²) < 4.78 is 23.3. The van der Waals surface area contributed by atoms with E-state index < -0.39 is 9.84 Å². The first-order valence-corrected chi connectivity index (χ1v) is 8.49. The van der Waals surface area contributed by atoms with Crippen molar-refractivity contribution < 1.29 is 8.42 Å². The molecule has 0 fully saturated rings. The maximum absolute atomic E-state index is 11.7. The number of hydrogen-bond donors (Lipinski definition) is 0. The number of hydrogen-bond acceptors (Lipinski definition) is 4. The van der Waals surface area contributed by atoms with Crippen molar-refractivity contribution in [2.24, 2.45) is 0 Å². The highest BCUT2D eigenvalue weighted by molar-refractivity contribution is 7.90. The quantitative estimate of drug-likeness (QED) is 0.867. The molecule has 0 unspecified atom stereocenters. The van der Waals surface area contributed by atoms with Crippen LogP contribution in [0.2, 0.25) is 5.02 Å². The average Bonchev–Trinajstić information content (AvgIpc) is 2.47. The summed E-state index contributed by atoms with van der Waals surface area (Å²) in [6, 6.07) is 8.84. The topological polar surface area (TPSA) is 70.8 Å². The van der Waals surface area contributed by atoms with Gasteiger partial charge in [-0.2, -0.15) is 5.26 Å². The third-order valence-electron chi connectivity index (χ3n) is 3.04. The van der Waals surface area contributed by atoms with Gasteiger partial charge in [-0.3, -0.25) is 4.98 Å². The summed E-state index contributed by atoms with van der Waals surface area (Å²) in [5, 5.41) is 9.23. The van der Waals surface area contributed by atoms with Crippen molar-refractivity contribution in [2.75, 3.05) is 5.75 Å². The zero-order valence-corrected chi connectivity index (χ0v) is 12.9. The van der Waals surface area contributed by atoms with Gasteiger partial charge in [-0.25, -0.2) is 8.42 Å². The molecule has 0 aliphatic carbocycles. The maximum atomic E-state index is 11.7. The van der Waals surface area contributed by atoms with Gasteiger partial charge in [0.05, 0.1) is 16.3 Å². The van der Waals surface area contributed by atoms with E-state index in [1.54, 1.807) is 43.6 Å². The van der Waals surface area contributed by atoms with Crippen LogP contribution >= 0.6 is 11.6 Å². The van der Waals surface area contributed by atoms with Crippen LogP contribution in [0.4, 0.5) is 0 Å². The van der Waals surface area contributed by atoms with Crippen molar-refractivity contribution in [2.45, 2.75) is 12.7 Å². The number of sulfone groups is 1. The van der Waals surface area contributed by atoms with Gasteiger partial charge < -0.3 is 0 Å². The molecule has 0 spiro atoms. The van der Waals surface area contributed by atoms with Crippen LogP contribution in [0.3, 0.4) is 0 Å². The molecule has 21 heavy (non-hydrogen) atoms. The van der Waals surface area contributed by atoms with Crippen molar-refractivity contribution in [3.05, 3.63) is 52.8 Å². The van der Waals surface area contributed by atoms with Crippen LogP contribution in [-0.4, -0.2) is 19.2 Å². The number of rotatable bonds is 4. The maximum Gasteiger partial charge on any atom is 0.154 e. The molecular formula is C15H13ClN2O2S. The molecule has 0 N–H and O–H groups in total. The van der Waals surface area contributed by atoms with Crippen molar-refractivity contribution in [3.63, 3.8) is 0 Å². The van der Waals surface area contributed by atoms with Crippen LogP contribution in [0.5, 0.6) is 0 Å². The van der Waals surface area contributed by atoms with E-state index in [1.165, 1.54) is 0 Å². The Morgan fingerprint density at radius 2 is 2.00 bits per heavy atom. The van der Waals surface area contributed by atoms with E-state index in [-0.39, 0.29) is 11.5 Å². The molecule has 1 heterocycles.